The summed E-state index contributed by atoms with van der Waals surface area (Å²) in [6.07, 6.45) is -1.48. The number of azide groups is 1. The van der Waals surface area contributed by atoms with Crippen molar-refractivity contribution in [3.8, 4) is 0 Å². The Morgan fingerprint density at radius 2 is 2.11 bits per heavy atom. The van der Waals surface area contributed by atoms with Crippen molar-refractivity contribution in [2.24, 2.45) is 5.11 Å². The third-order valence-corrected chi connectivity index (χ3v) is 2.96. The molecule has 0 aliphatic rings. The van der Waals surface area contributed by atoms with Crippen molar-refractivity contribution in [2.45, 2.75) is 19.1 Å². The van der Waals surface area contributed by atoms with Crippen molar-refractivity contribution in [3.63, 3.8) is 0 Å². The van der Waals surface area contributed by atoms with Crippen LogP contribution in [0.25, 0.3) is 10.4 Å². The van der Waals surface area contributed by atoms with E-state index in [1.54, 1.807) is 13.0 Å². The van der Waals surface area contributed by atoms with Gasteiger partial charge < -0.3 is 9.84 Å². The summed E-state index contributed by atoms with van der Waals surface area (Å²) in [4.78, 5) is 14.2. The van der Waals surface area contributed by atoms with E-state index in [1.807, 2.05) is 0 Å². The van der Waals surface area contributed by atoms with Crippen LogP contribution in [0.3, 0.4) is 0 Å². The molecule has 0 aliphatic heterocycles. The van der Waals surface area contributed by atoms with E-state index in [-0.39, 0.29) is 22.2 Å². The Hall–Kier alpha value is -1.46. The number of aliphatic hydroxyl groups excluding tert-OH is 1. The lowest BCUT2D eigenvalue weighted by molar-refractivity contribution is -0.147. The molecule has 1 rings (SSSR count). The minimum absolute atomic E-state index is 0.0965. The van der Waals surface area contributed by atoms with Crippen molar-refractivity contribution in [2.75, 3.05) is 6.61 Å². The first-order chi connectivity index (χ1) is 9.02. The van der Waals surface area contributed by atoms with Gasteiger partial charge in [0.25, 0.3) is 0 Å². The number of esters is 1. The SMILES string of the molecule is CCOC(=O)[C@@H](N=[N+]=[N-])[C@H](O)c1c(Cl)cccc1Cl. The average molecular weight is 304 g/mol. The van der Waals surface area contributed by atoms with E-state index < -0.39 is 18.1 Å². The van der Waals surface area contributed by atoms with Gasteiger partial charge in [-0.05, 0) is 24.6 Å². The molecule has 102 valence electrons. The molecule has 8 heteroatoms. The highest BCUT2D eigenvalue weighted by atomic mass is 35.5. The normalized spacial score (nSPS) is 13.3. The molecule has 0 aliphatic carbocycles. The fourth-order valence-electron chi connectivity index (χ4n) is 1.47. The molecule has 0 spiro atoms. The van der Waals surface area contributed by atoms with Gasteiger partial charge in [-0.15, -0.1) is 0 Å². The van der Waals surface area contributed by atoms with Crippen LogP contribution >= 0.6 is 23.2 Å². The van der Waals surface area contributed by atoms with Crippen LogP contribution < -0.4 is 0 Å². The Labute approximate surface area is 119 Å². The maximum absolute atomic E-state index is 11.6. The predicted molar refractivity (Wildman–Crippen MR) is 71.0 cm³/mol. The third kappa shape index (κ3) is 3.75. The van der Waals surface area contributed by atoms with Crippen LogP contribution in [0.5, 0.6) is 0 Å². The van der Waals surface area contributed by atoms with Crippen molar-refractivity contribution in [1.29, 1.82) is 0 Å². The first kappa shape index (κ1) is 15.6. The number of nitrogens with zero attached hydrogens (tertiary/aromatic N) is 3. The second-order valence-corrected chi connectivity index (χ2v) is 4.30. The Morgan fingerprint density at radius 1 is 1.53 bits per heavy atom. The highest BCUT2D eigenvalue weighted by molar-refractivity contribution is 6.36. The zero-order chi connectivity index (χ0) is 14.4. The summed E-state index contributed by atoms with van der Waals surface area (Å²) in [7, 11) is 0. The summed E-state index contributed by atoms with van der Waals surface area (Å²) >= 11 is 11.8. The van der Waals surface area contributed by atoms with E-state index in [0.717, 1.165) is 0 Å². The van der Waals surface area contributed by atoms with Gasteiger partial charge in [-0.3, -0.25) is 4.79 Å². The van der Waals surface area contributed by atoms with Gasteiger partial charge in [0.2, 0.25) is 0 Å². The Balaban J connectivity index is 3.16. The summed E-state index contributed by atoms with van der Waals surface area (Å²) in [6, 6.07) is 3.16. The fourth-order valence-corrected chi connectivity index (χ4v) is 2.09. The number of carbonyl (C=O) groups is 1. The molecule has 1 N–H and O–H groups in total. The molecule has 0 aromatic heterocycles. The predicted octanol–water partition coefficient (Wildman–Crippen LogP) is 3.27. The van der Waals surface area contributed by atoms with Crippen molar-refractivity contribution >= 4 is 29.2 Å². The molecule has 6 nitrogen and oxygen atoms in total. The molecule has 1 aromatic rings. The average Bonchev–Trinajstić information content (AvgIpc) is 2.35. The minimum atomic E-state index is -1.48. The number of rotatable bonds is 5. The summed E-state index contributed by atoms with van der Waals surface area (Å²) in [5.41, 5.74) is 8.58. The van der Waals surface area contributed by atoms with Gasteiger partial charge in [0, 0.05) is 20.5 Å². The second-order valence-electron chi connectivity index (χ2n) is 3.48. The quantitative estimate of drug-likeness (QED) is 0.391. The summed E-state index contributed by atoms with van der Waals surface area (Å²) in [5.74, 6) is -0.844. The molecular formula is C11H11Cl2N3O3. The van der Waals surface area contributed by atoms with Gasteiger partial charge in [-0.1, -0.05) is 34.4 Å². The topological polar surface area (TPSA) is 95.3 Å². The van der Waals surface area contributed by atoms with Crippen LogP contribution in [-0.4, -0.2) is 23.7 Å². The molecular weight excluding hydrogens is 293 g/mol. The van der Waals surface area contributed by atoms with Crippen molar-refractivity contribution in [3.05, 3.63) is 44.3 Å². The standard InChI is InChI=1S/C11H11Cl2N3O3/c1-2-19-11(18)9(15-16-14)10(17)8-6(12)4-3-5-7(8)13/h3-5,9-10,17H,2H2,1H3/t9-,10+/m0/s1. The molecule has 0 radical (unpaired) electrons. The van der Waals surface area contributed by atoms with E-state index in [0.29, 0.717) is 0 Å². The number of hydrogen-bond acceptors (Lipinski definition) is 4. The molecule has 0 amide bonds. The smallest absolute Gasteiger partial charge is 0.317 e. The number of halogens is 2. The molecule has 2 atom stereocenters. The van der Waals surface area contributed by atoms with Crippen LogP contribution in [0.1, 0.15) is 18.6 Å². The number of hydrogen-bond donors (Lipinski definition) is 1. The molecule has 0 bridgehead atoms. The molecule has 0 unspecified atom stereocenters. The molecule has 0 fully saturated rings. The zero-order valence-corrected chi connectivity index (χ0v) is 11.5. The lowest BCUT2D eigenvalue weighted by Crippen LogP contribution is -2.28. The Kier molecular flexibility index (Phi) is 5.92. The maximum Gasteiger partial charge on any atom is 0.317 e. The van der Waals surface area contributed by atoms with Crippen LogP contribution in [0.4, 0.5) is 0 Å². The van der Waals surface area contributed by atoms with E-state index in [4.69, 9.17) is 33.5 Å². The van der Waals surface area contributed by atoms with Gasteiger partial charge in [-0.25, -0.2) is 0 Å². The minimum Gasteiger partial charge on any atom is -0.466 e. The lowest BCUT2D eigenvalue weighted by atomic mass is 10.0. The van der Waals surface area contributed by atoms with E-state index in [1.165, 1.54) is 12.1 Å². The number of aliphatic hydroxyl groups is 1. The first-order valence-corrected chi connectivity index (χ1v) is 6.11. The molecule has 0 saturated carbocycles. The largest absolute Gasteiger partial charge is 0.466 e. The summed E-state index contributed by atoms with van der Waals surface area (Å²) in [5, 5.41) is 13.7. The van der Waals surface area contributed by atoms with E-state index in [2.05, 4.69) is 10.0 Å². The van der Waals surface area contributed by atoms with Crippen LogP contribution in [0.15, 0.2) is 23.3 Å². The molecule has 0 heterocycles. The van der Waals surface area contributed by atoms with E-state index >= 15 is 0 Å². The molecule has 0 saturated heterocycles. The maximum atomic E-state index is 11.6. The lowest BCUT2D eigenvalue weighted by Gasteiger charge is -2.19. The molecule has 1 aromatic carbocycles. The second kappa shape index (κ2) is 7.21. The number of carbonyl (C=O) groups excluding carboxylic acids is 1. The van der Waals surface area contributed by atoms with Gasteiger partial charge >= 0.3 is 5.97 Å². The van der Waals surface area contributed by atoms with Gasteiger partial charge in [-0.2, -0.15) is 0 Å². The fraction of sp³-hybridized carbons (Fsp3) is 0.364. The summed E-state index contributed by atoms with van der Waals surface area (Å²) in [6.45, 7) is 1.69. The van der Waals surface area contributed by atoms with Crippen LogP contribution in [0, 0.1) is 0 Å². The van der Waals surface area contributed by atoms with Crippen LogP contribution in [-0.2, 0) is 9.53 Å². The highest BCUT2D eigenvalue weighted by Gasteiger charge is 2.31. The Bertz CT molecular complexity index is 498. The molecule has 19 heavy (non-hydrogen) atoms. The van der Waals surface area contributed by atoms with E-state index in [9.17, 15) is 9.90 Å². The van der Waals surface area contributed by atoms with Gasteiger partial charge in [0.1, 0.15) is 6.10 Å². The van der Waals surface area contributed by atoms with Gasteiger partial charge in [0.05, 0.1) is 6.61 Å². The van der Waals surface area contributed by atoms with Crippen molar-refractivity contribution in [1.82, 2.24) is 0 Å². The Morgan fingerprint density at radius 3 is 2.58 bits per heavy atom. The summed E-state index contributed by atoms with van der Waals surface area (Å²) < 4.78 is 4.73. The van der Waals surface area contributed by atoms with Gasteiger partial charge in [0.15, 0.2) is 6.04 Å². The number of ether oxygens (including phenoxy) is 1. The monoisotopic (exact) mass is 303 g/mol. The number of benzene rings is 1. The highest BCUT2D eigenvalue weighted by Crippen LogP contribution is 2.33. The van der Waals surface area contributed by atoms with Crippen LogP contribution in [0.2, 0.25) is 10.0 Å². The first-order valence-electron chi connectivity index (χ1n) is 5.35. The third-order valence-electron chi connectivity index (χ3n) is 2.30. The van der Waals surface area contributed by atoms with Crippen molar-refractivity contribution < 1.29 is 14.6 Å². The zero-order valence-electron chi connectivity index (χ0n) is 9.96.